The Balaban J connectivity index is 1.48. The molecule has 7 heteroatoms. The summed E-state index contributed by atoms with van der Waals surface area (Å²) in [6.45, 7) is 4.93. The van der Waals surface area contributed by atoms with Crippen molar-refractivity contribution in [3.05, 3.63) is 54.6 Å². The Morgan fingerprint density at radius 3 is 2.75 bits per heavy atom. The average molecular weight is 379 g/mol. The predicted molar refractivity (Wildman–Crippen MR) is 103 cm³/mol. The van der Waals surface area contributed by atoms with Crippen LogP contribution in [0.3, 0.4) is 0 Å². The lowest BCUT2D eigenvalue weighted by atomic mass is 10.1. The van der Waals surface area contributed by atoms with Gasteiger partial charge in [0.1, 0.15) is 17.2 Å². The first-order chi connectivity index (χ1) is 13.6. The lowest BCUT2D eigenvalue weighted by Gasteiger charge is -2.32. The zero-order valence-corrected chi connectivity index (χ0v) is 15.8. The van der Waals surface area contributed by atoms with E-state index in [1.165, 1.54) is 0 Å². The van der Waals surface area contributed by atoms with Crippen LogP contribution in [0.1, 0.15) is 12.7 Å². The van der Waals surface area contributed by atoms with Crippen LogP contribution >= 0.6 is 0 Å². The van der Waals surface area contributed by atoms with Gasteiger partial charge in [-0.1, -0.05) is 0 Å². The molecule has 7 nitrogen and oxygen atoms in total. The van der Waals surface area contributed by atoms with Crippen molar-refractivity contribution in [2.45, 2.75) is 20.1 Å². The molecular weight excluding hydrogens is 358 g/mol. The quantitative estimate of drug-likeness (QED) is 0.692. The third-order valence-corrected chi connectivity index (χ3v) is 4.58. The lowest BCUT2D eigenvalue weighted by molar-refractivity contribution is -0.155. The summed E-state index contributed by atoms with van der Waals surface area (Å²) in [5.41, 5.74) is 2.54. The molecule has 0 saturated carbocycles. The fourth-order valence-corrected chi connectivity index (χ4v) is 3.10. The van der Waals surface area contributed by atoms with Gasteiger partial charge in [-0.15, -0.1) is 0 Å². The van der Waals surface area contributed by atoms with Crippen molar-refractivity contribution in [2.75, 3.05) is 19.7 Å². The predicted octanol–water partition coefficient (Wildman–Crippen LogP) is 3.30. The molecule has 1 fully saturated rings. The first-order valence-corrected chi connectivity index (χ1v) is 9.12. The van der Waals surface area contributed by atoms with E-state index in [1.807, 2.05) is 43.3 Å². The minimum Gasteiger partial charge on any atom is -0.463 e. The van der Waals surface area contributed by atoms with Gasteiger partial charge in [0.05, 0.1) is 18.7 Å². The number of aryl methyl sites for hydroxylation is 1. The third-order valence-electron chi connectivity index (χ3n) is 4.58. The highest BCUT2D eigenvalue weighted by Crippen LogP contribution is 2.29. The molecule has 3 heterocycles. The normalized spacial score (nSPS) is 16.8. The van der Waals surface area contributed by atoms with Gasteiger partial charge >= 0.3 is 0 Å². The highest BCUT2D eigenvalue weighted by molar-refractivity contribution is 5.73. The number of rotatable bonds is 4. The van der Waals surface area contributed by atoms with Crippen LogP contribution in [-0.2, 0) is 9.53 Å². The second-order valence-electron chi connectivity index (χ2n) is 6.57. The smallest absolute Gasteiger partial charge is 0.228 e. The van der Waals surface area contributed by atoms with Crippen LogP contribution in [0.15, 0.2) is 53.2 Å². The summed E-state index contributed by atoms with van der Waals surface area (Å²) in [4.78, 5) is 22.0. The van der Waals surface area contributed by atoms with E-state index < -0.39 is 6.29 Å². The van der Waals surface area contributed by atoms with Crippen LogP contribution in [0.5, 0.6) is 5.75 Å². The number of ether oxygens (including phenoxy) is 2. The van der Waals surface area contributed by atoms with Gasteiger partial charge in [0.25, 0.3) is 0 Å². The third kappa shape index (κ3) is 3.89. The molecule has 1 atom stereocenters. The Kier molecular flexibility index (Phi) is 5.08. The number of amides is 1. The van der Waals surface area contributed by atoms with Gasteiger partial charge in [-0.25, -0.2) is 4.98 Å². The van der Waals surface area contributed by atoms with E-state index in [0.717, 1.165) is 22.6 Å². The average Bonchev–Trinajstić information content (AvgIpc) is 3.11. The molecule has 0 N–H and O–H groups in total. The van der Waals surface area contributed by atoms with Crippen LogP contribution in [0.25, 0.3) is 22.7 Å². The monoisotopic (exact) mass is 379 g/mol. The van der Waals surface area contributed by atoms with Gasteiger partial charge in [-0.3, -0.25) is 9.78 Å². The van der Waals surface area contributed by atoms with E-state index >= 15 is 0 Å². The lowest BCUT2D eigenvalue weighted by Crippen LogP contribution is -2.46. The van der Waals surface area contributed by atoms with Crippen LogP contribution in [0, 0.1) is 6.92 Å². The summed E-state index contributed by atoms with van der Waals surface area (Å²) >= 11 is 0. The number of nitrogens with zero attached hydrogens (tertiary/aromatic N) is 3. The Morgan fingerprint density at radius 2 is 2.04 bits per heavy atom. The minimum atomic E-state index is -0.463. The van der Waals surface area contributed by atoms with Crippen molar-refractivity contribution >= 4 is 5.91 Å². The zero-order valence-electron chi connectivity index (χ0n) is 15.8. The molecule has 1 aromatic carbocycles. The van der Waals surface area contributed by atoms with Crippen molar-refractivity contribution in [3.63, 3.8) is 0 Å². The van der Waals surface area contributed by atoms with Crippen molar-refractivity contribution < 1.29 is 18.7 Å². The van der Waals surface area contributed by atoms with E-state index in [2.05, 4.69) is 9.97 Å². The fraction of sp³-hybridized carbons (Fsp3) is 0.286. The first kappa shape index (κ1) is 18.2. The molecule has 28 heavy (non-hydrogen) atoms. The Hall–Kier alpha value is -3.19. The second kappa shape index (κ2) is 7.82. The van der Waals surface area contributed by atoms with Crippen LogP contribution in [0.4, 0.5) is 0 Å². The summed E-state index contributed by atoms with van der Waals surface area (Å²) in [5, 5.41) is 0. The van der Waals surface area contributed by atoms with Crippen molar-refractivity contribution in [2.24, 2.45) is 0 Å². The number of hydrogen-bond donors (Lipinski definition) is 0. The van der Waals surface area contributed by atoms with Crippen LogP contribution in [0.2, 0.25) is 0 Å². The van der Waals surface area contributed by atoms with Crippen molar-refractivity contribution in [1.82, 2.24) is 14.9 Å². The molecule has 0 radical (unpaired) electrons. The minimum absolute atomic E-state index is 0.0261. The number of morpholine rings is 1. The molecule has 0 bridgehead atoms. The number of carbonyl (C=O) groups excluding carboxylic acids is 1. The Morgan fingerprint density at radius 1 is 1.21 bits per heavy atom. The van der Waals surface area contributed by atoms with Gasteiger partial charge < -0.3 is 18.8 Å². The molecule has 1 saturated heterocycles. The van der Waals surface area contributed by atoms with Gasteiger partial charge in [-0.2, -0.15) is 0 Å². The van der Waals surface area contributed by atoms with Gasteiger partial charge in [0.2, 0.25) is 18.1 Å². The molecule has 1 aliphatic heterocycles. The largest absolute Gasteiger partial charge is 0.463 e. The van der Waals surface area contributed by atoms with Crippen LogP contribution < -0.4 is 4.74 Å². The van der Waals surface area contributed by atoms with E-state index in [0.29, 0.717) is 31.3 Å². The molecule has 0 aliphatic carbocycles. The molecule has 3 aromatic rings. The number of oxazole rings is 1. The SMILES string of the molecule is CC(=O)N1CCOC(Oc2ccc(-c3nc(-c4cccnc4)oc3C)cc2)C1. The molecular formula is C21H21N3O4. The van der Waals surface area contributed by atoms with Crippen LogP contribution in [-0.4, -0.2) is 46.8 Å². The van der Waals surface area contributed by atoms with Crippen molar-refractivity contribution in [1.29, 1.82) is 0 Å². The standard InChI is InChI=1S/C21H21N3O4/c1-14-20(23-21(27-14)17-4-3-9-22-12-17)16-5-7-18(8-6-16)28-19-13-24(15(2)25)10-11-26-19/h3-9,12,19H,10-11,13H2,1-2H3. The van der Waals surface area contributed by atoms with Gasteiger partial charge in [0, 0.05) is 31.4 Å². The number of carbonyl (C=O) groups is 1. The maximum Gasteiger partial charge on any atom is 0.228 e. The van der Waals surface area contributed by atoms with E-state index in [4.69, 9.17) is 13.9 Å². The summed E-state index contributed by atoms with van der Waals surface area (Å²) in [6, 6.07) is 11.3. The zero-order chi connectivity index (χ0) is 19.5. The summed E-state index contributed by atoms with van der Waals surface area (Å²) < 4.78 is 17.3. The number of aromatic nitrogens is 2. The highest BCUT2D eigenvalue weighted by Gasteiger charge is 2.23. The van der Waals surface area contributed by atoms with E-state index in [9.17, 15) is 4.79 Å². The molecule has 1 amide bonds. The fourth-order valence-electron chi connectivity index (χ4n) is 3.10. The Bertz CT molecular complexity index is 954. The summed E-state index contributed by atoms with van der Waals surface area (Å²) in [7, 11) is 0. The topological polar surface area (TPSA) is 77.7 Å². The van der Waals surface area contributed by atoms with E-state index in [-0.39, 0.29) is 5.91 Å². The number of benzene rings is 1. The molecule has 144 valence electrons. The molecule has 1 aliphatic rings. The maximum absolute atomic E-state index is 11.5. The summed E-state index contributed by atoms with van der Waals surface area (Å²) in [6.07, 6.45) is 2.97. The Labute approximate surface area is 162 Å². The first-order valence-electron chi connectivity index (χ1n) is 9.12. The molecule has 0 spiro atoms. The molecule has 4 rings (SSSR count). The highest BCUT2D eigenvalue weighted by atomic mass is 16.7. The maximum atomic E-state index is 11.5. The van der Waals surface area contributed by atoms with Gasteiger partial charge in [0.15, 0.2) is 0 Å². The van der Waals surface area contributed by atoms with Crippen molar-refractivity contribution in [3.8, 4) is 28.5 Å². The summed E-state index contributed by atoms with van der Waals surface area (Å²) in [5.74, 6) is 1.98. The van der Waals surface area contributed by atoms with E-state index in [1.54, 1.807) is 24.2 Å². The van der Waals surface area contributed by atoms with Gasteiger partial charge in [-0.05, 0) is 43.3 Å². The molecule has 2 aromatic heterocycles. The number of pyridine rings is 1. The second-order valence-corrected chi connectivity index (χ2v) is 6.57. The molecule has 1 unspecified atom stereocenters. The number of hydrogen-bond acceptors (Lipinski definition) is 6.